The molecule has 0 unspecified atom stereocenters. The number of amides is 2. The van der Waals surface area contributed by atoms with E-state index in [-0.39, 0.29) is 19.0 Å². The molecule has 0 aliphatic heterocycles. The normalized spacial score (nSPS) is 10.6. The van der Waals surface area contributed by atoms with Crippen molar-refractivity contribution in [3.05, 3.63) is 53.0 Å². The molecule has 7 nitrogen and oxygen atoms in total. The summed E-state index contributed by atoms with van der Waals surface area (Å²) in [5.41, 5.74) is 0.665. The molecule has 0 fully saturated rings. The third-order valence-corrected chi connectivity index (χ3v) is 3.71. The number of furan rings is 1. The first-order valence-electron chi connectivity index (χ1n) is 8.28. The zero-order valence-electron chi connectivity index (χ0n) is 15.1. The number of nitrogens with one attached hydrogen (secondary N) is 2. The molecule has 0 aliphatic carbocycles. The summed E-state index contributed by atoms with van der Waals surface area (Å²) in [7, 11) is 1.51. The van der Waals surface area contributed by atoms with E-state index in [1.807, 2.05) is 6.92 Å². The molecular weight excluding hydrogens is 372 g/mol. The Morgan fingerprint density at radius 1 is 1.30 bits per heavy atom. The Morgan fingerprint density at radius 3 is 2.78 bits per heavy atom. The van der Waals surface area contributed by atoms with Crippen molar-refractivity contribution < 1.29 is 23.5 Å². The number of carbonyl (C=O) groups is 2. The van der Waals surface area contributed by atoms with Crippen molar-refractivity contribution in [1.29, 1.82) is 0 Å². The van der Waals surface area contributed by atoms with Gasteiger partial charge in [0.1, 0.15) is 5.76 Å². The maximum atomic E-state index is 11.9. The molecule has 0 saturated carbocycles. The molecule has 0 aliphatic rings. The van der Waals surface area contributed by atoms with Crippen LogP contribution in [0.4, 0.5) is 0 Å². The van der Waals surface area contributed by atoms with Crippen LogP contribution in [0.1, 0.15) is 18.2 Å². The minimum absolute atomic E-state index is 0.142. The summed E-state index contributed by atoms with van der Waals surface area (Å²) < 4.78 is 15.8. The molecule has 0 saturated heterocycles. The van der Waals surface area contributed by atoms with E-state index in [9.17, 15) is 9.59 Å². The lowest BCUT2D eigenvalue weighted by molar-refractivity contribution is -0.124. The Balaban J connectivity index is 1.86. The standard InChI is InChI=1S/C19H21ClN2O5/c1-3-26-19-15(20)9-13(10-16(19)25-2)6-7-17(23)22-12-18(24)21-11-14-5-4-8-27-14/h4-10H,3,11-12H2,1-2H3,(H,21,24)(H,22,23)/b7-6+. The van der Waals surface area contributed by atoms with Gasteiger partial charge >= 0.3 is 0 Å². The quantitative estimate of drug-likeness (QED) is 0.640. The molecular formula is C19H21ClN2O5. The van der Waals surface area contributed by atoms with Gasteiger partial charge in [-0.2, -0.15) is 0 Å². The van der Waals surface area contributed by atoms with Crippen LogP contribution in [0.5, 0.6) is 11.5 Å². The number of halogens is 1. The second kappa shape index (κ2) is 10.3. The summed E-state index contributed by atoms with van der Waals surface area (Å²) in [5.74, 6) is 0.833. The topological polar surface area (TPSA) is 89.8 Å². The van der Waals surface area contributed by atoms with Crippen LogP contribution in [0.3, 0.4) is 0 Å². The molecule has 1 aromatic heterocycles. The number of benzene rings is 1. The fourth-order valence-electron chi connectivity index (χ4n) is 2.18. The van der Waals surface area contributed by atoms with Gasteiger partial charge in [0.05, 0.1) is 38.1 Å². The van der Waals surface area contributed by atoms with E-state index in [4.69, 9.17) is 25.5 Å². The first-order valence-corrected chi connectivity index (χ1v) is 8.66. The van der Waals surface area contributed by atoms with Gasteiger partial charge in [-0.05, 0) is 42.8 Å². The van der Waals surface area contributed by atoms with E-state index < -0.39 is 5.91 Å². The molecule has 144 valence electrons. The highest BCUT2D eigenvalue weighted by Gasteiger charge is 2.11. The number of methoxy groups -OCH3 is 1. The zero-order valence-corrected chi connectivity index (χ0v) is 15.8. The summed E-state index contributed by atoms with van der Waals surface area (Å²) in [6.07, 6.45) is 4.40. The maximum absolute atomic E-state index is 11.9. The average Bonchev–Trinajstić information content (AvgIpc) is 3.18. The van der Waals surface area contributed by atoms with Crippen LogP contribution in [0.25, 0.3) is 6.08 Å². The monoisotopic (exact) mass is 392 g/mol. The van der Waals surface area contributed by atoms with Crippen LogP contribution in [0.2, 0.25) is 5.02 Å². The van der Waals surface area contributed by atoms with Crippen LogP contribution < -0.4 is 20.1 Å². The fourth-order valence-corrected chi connectivity index (χ4v) is 2.45. The predicted octanol–water partition coefficient (Wildman–Crippen LogP) is 2.79. The van der Waals surface area contributed by atoms with Crippen LogP contribution >= 0.6 is 11.6 Å². The lowest BCUT2D eigenvalue weighted by atomic mass is 10.2. The predicted molar refractivity (Wildman–Crippen MR) is 102 cm³/mol. The number of rotatable bonds is 9. The first kappa shape index (κ1) is 20.4. The van der Waals surface area contributed by atoms with Crippen molar-refractivity contribution in [2.24, 2.45) is 0 Å². The van der Waals surface area contributed by atoms with Gasteiger partial charge in [-0.1, -0.05) is 11.6 Å². The minimum atomic E-state index is -0.410. The average molecular weight is 393 g/mol. The van der Waals surface area contributed by atoms with E-state index in [1.54, 1.807) is 30.3 Å². The Kier molecular flexibility index (Phi) is 7.76. The number of hydrogen-bond acceptors (Lipinski definition) is 5. The molecule has 8 heteroatoms. The Labute approximate surface area is 162 Å². The third-order valence-electron chi connectivity index (χ3n) is 3.43. The van der Waals surface area contributed by atoms with E-state index in [0.29, 0.717) is 34.5 Å². The number of hydrogen-bond donors (Lipinski definition) is 2. The Morgan fingerprint density at radius 2 is 2.11 bits per heavy atom. The highest BCUT2D eigenvalue weighted by molar-refractivity contribution is 6.32. The van der Waals surface area contributed by atoms with Crippen LogP contribution in [0, 0.1) is 0 Å². The molecule has 0 bridgehead atoms. The van der Waals surface area contributed by atoms with E-state index >= 15 is 0 Å². The molecule has 2 amide bonds. The Bertz CT molecular complexity index is 803. The van der Waals surface area contributed by atoms with Crippen LogP contribution in [0.15, 0.2) is 41.0 Å². The summed E-state index contributed by atoms with van der Waals surface area (Å²) in [6, 6.07) is 6.85. The number of ether oxygens (including phenoxy) is 2. The van der Waals surface area contributed by atoms with Gasteiger partial charge in [0.2, 0.25) is 11.8 Å². The van der Waals surface area contributed by atoms with Gasteiger partial charge in [0.15, 0.2) is 11.5 Å². The molecule has 1 aromatic carbocycles. The van der Waals surface area contributed by atoms with Crippen molar-refractivity contribution in [3.8, 4) is 11.5 Å². The van der Waals surface area contributed by atoms with Crippen molar-refractivity contribution >= 4 is 29.5 Å². The first-order chi connectivity index (χ1) is 13.0. The largest absolute Gasteiger partial charge is 0.493 e. The zero-order chi connectivity index (χ0) is 19.6. The van der Waals surface area contributed by atoms with Crippen molar-refractivity contribution in [2.45, 2.75) is 13.5 Å². The smallest absolute Gasteiger partial charge is 0.244 e. The van der Waals surface area contributed by atoms with E-state index in [1.165, 1.54) is 19.4 Å². The van der Waals surface area contributed by atoms with E-state index in [0.717, 1.165) is 0 Å². The lowest BCUT2D eigenvalue weighted by Crippen LogP contribution is -2.35. The molecule has 2 N–H and O–H groups in total. The second-order valence-corrected chi connectivity index (χ2v) is 5.78. The SMILES string of the molecule is CCOc1c(Cl)cc(/C=C/C(=O)NCC(=O)NCc2ccco2)cc1OC. The molecule has 2 rings (SSSR count). The summed E-state index contributed by atoms with van der Waals surface area (Å²) in [5, 5.41) is 5.52. The molecule has 2 aromatic rings. The van der Waals surface area contributed by atoms with Gasteiger partial charge < -0.3 is 24.5 Å². The van der Waals surface area contributed by atoms with Gasteiger partial charge in [-0.3, -0.25) is 9.59 Å². The van der Waals surface area contributed by atoms with Gasteiger partial charge in [-0.25, -0.2) is 0 Å². The highest BCUT2D eigenvalue weighted by Crippen LogP contribution is 2.36. The molecule has 1 heterocycles. The van der Waals surface area contributed by atoms with E-state index in [2.05, 4.69) is 10.6 Å². The van der Waals surface area contributed by atoms with Gasteiger partial charge in [0, 0.05) is 6.08 Å². The van der Waals surface area contributed by atoms with Crippen molar-refractivity contribution in [3.63, 3.8) is 0 Å². The molecule has 0 spiro atoms. The minimum Gasteiger partial charge on any atom is -0.493 e. The Hall–Kier alpha value is -2.93. The summed E-state index contributed by atoms with van der Waals surface area (Å²) >= 11 is 6.19. The maximum Gasteiger partial charge on any atom is 0.244 e. The third kappa shape index (κ3) is 6.38. The molecule has 0 atom stereocenters. The van der Waals surface area contributed by atoms with Crippen molar-refractivity contribution in [2.75, 3.05) is 20.3 Å². The summed E-state index contributed by atoms with van der Waals surface area (Å²) in [4.78, 5) is 23.6. The van der Waals surface area contributed by atoms with Gasteiger partial charge in [-0.15, -0.1) is 0 Å². The van der Waals surface area contributed by atoms with Crippen LogP contribution in [-0.4, -0.2) is 32.1 Å². The highest BCUT2D eigenvalue weighted by atomic mass is 35.5. The fraction of sp³-hybridized carbons (Fsp3) is 0.263. The molecule has 27 heavy (non-hydrogen) atoms. The summed E-state index contributed by atoms with van der Waals surface area (Å²) in [6.45, 7) is 2.42. The molecule has 0 radical (unpaired) electrons. The number of carbonyl (C=O) groups excluding carboxylic acids is 2. The van der Waals surface area contributed by atoms with Crippen molar-refractivity contribution in [1.82, 2.24) is 10.6 Å². The van der Waals surface area contributed by atoms with Gasteiger partial charge in [0.25, 0.3) is 0 Å². The van der Waals surface area contributed by atoms with Crippen LogP contribution in [-0.2, 0) is 16.1 Å². The second-order valence-electron chi connectivity index (χ2n) is 5.37. The lowest BCUT2D eigenvalue weighted by Gasteiger charge is -2.11.